The quantitative estimate of drug-likeness (QED) is 0.239. The average Bonchev–Trinajstić information content (AvgIpc) is 3.51. The Morgan fingerprint density at radius 2 is 1.87 bits per heavy atom. The van der Waals surface area contributed by atoms with E-state index in [9.17, 15) is 4.79 Å². The Labute approximate surface area is 232 Å². The summed E-state index contributed by atoms with van der Waals surface area (Å²) in [5.74, 6) is 0.679. The van der Waals surface area contributed by atoms with Crippen LogP contribution in [0.4, 0.5) is 11.4 Å². The number of pyridine rings is 1. The number of carbonyl (C=O) groups excluding carboxylic acids is 1. The maximum atomic E-state index is 12.3. The number of aromatic nitrogens is 1. The lowest BCUT2D eigenvalue weighted by Gasteiger charge is -2.27. The standard InChI is InChI=1S/C30H30N4O2S2/c1-18(2)29(35)32-23-13-10-21(17-20(23)4)34-28(27(33-30(34)37)24-7-5-6-16-31-24)25-14-15-26(36-25)38-22-11-8-19(3)9-12-22/h5-18,27-28H,1-4H3,(H,32,35)(H,33,37). The summed E-state index contributed by atoms with van der Waals surface area (Å²) < 4.78 is 6.42. The summed E-state index contributed by atoms with van der Waals surface area (Å²) in [7, 11) is 0. The minimum absolute atomic E-state index is 0.0125. The van der Waals surface area contributed by atoms with Crippen LogP contribution in [0.3, 0.4) is 0 Å². The summed E-state index contributed by atoms with van der Waals surface area (Å²) in [4.78, 5) is 20.1. The van der Waals surface area contributed by atoms with Gasteiger partial charge in [-0.1, -0.05) is 49.4 Å². The second-order valence-corrected chi connectivity index (χ2v) is 11.2. The van der Waals surface area contributed by atoms with Crippen LogP contribution in [0.1, 0.15) is 48.5 Å². The van der Waals surface area contributed by atoms with E-state index < -0.39 is 0 Å². The number of nitrogens with zero attached hydrogens (tertiary/aromatic N) is 2. The zero-order chi connectivity index (χ0) is 26.8. The molecule has 2 unspecified atom stereocenters. The molecule has 0 spiro atoms. The van der Waals surface area contributed by atoms with Gasteiger partial charge >= 0.3 is 0 Å². The number of nitrogens with one attached hydrogen (secondary N) is 2. The second-order valence-electron chi connectivity index (χ2n) is 9.71. The molecule has 2 atom stereocenters. The normalized spacial score (nSPS) is 17.1. The van der Waals surface area contributed by atoms with Gasteiger partial charge in [0.2, 0.25) is 5.91 Å². The van der Waals surface area contributed by atoms with Crippen molar-refractivity contribution in [2.45, 2.75) is 49.8 Å². The number of benzene rings is 2. The van der Waals surface area contributed by atoms with Gasteiger partial charge in [0.05, 0.1) is 11.7 Å². The Morgan fingerprint density at radius 3 is 2.55 bits per heavy atom. The van der Waals surface area contributed by atoms with Crippen LogP contribution in [0, 0.1) is 19.8 Å². The minimum atomic E-state index is -0.250. The Hall–Kier alpha value is -3.62. The Balaban J connectivity index is 1.49. The molecule has 4 aromatic rings. The molecular weight excluding hydrogens is 512 g/mol. The molecule has 0 aliphatic carbocycles. The Morgan fingerprint density at radius 1 is 1.08 bits per heavy atom. The third kappa shape index (κ3) is 5.47. The number of thiocarbonyl (C=S) groups is 1. The number of hydrogen-bond donors (Lipinski definition) is 2. The highest BCUT2D eigenvalue weighted by Gasteiger charge is 2.42. The topological polar surface area (TPSA) is 70.4 Å². The zero-order valence-corrected chi connectivity index (χ0v) is 23.4. The number of carbonyl (C=O) groups is 1. The van der Waals surface area contributed by atoms with Gasteiger partial charge in [-0.25, -0.2) is 0 Å². The lowest BCUT2D eigenvalue weighted by molar-refractivity contribution is -0.118. The van der Waals surface area contributed by atoms with E-state index in [2.05, 4.69) is 51.7 Å². The van der Waals surface area contributed by atoms with Crippen molar-refractivity contribution in [2.24, 2.45) is 5.92 Å². The first kappa shape index (κ1) is 26.0. The van der Waals surface area contributed by atoms with Crippen molar-refractivity contribution in [1.82, 2.24) is 10.3 Å². The monoisotopic (exact) mass is 542 g/mol. The molecular formula is C30H30N4O2S2. The molecule has 1 aliphatic heterocycles. The van der Waals surface area contributed by atoms with Gasteiger partial charge in [0.15, 0.2) is 10.2 Å². The lowest BCUT2D eigenvalue weighted by atomic mass is 10.0. The molecule has 1 aliphatic rings. The molecule has 1 fully saturated rings. The van der Waals surface area contributed by atoms with Crippen LogP contribution in [-0.2, 0) is 4.79 Å². The number of furan rings is 1. The first-order chi connectivity index (χ1) is 18.3. The summed E-state index contributed by atoms with van der Waals surface area (Å²) >= 11 is 7.44. The van der Waals surface area contributed by atoms with E-state index >= 15 is 0 Å². The highest BCUT2D eigenvalue weighted by atomic mass is 32.2. The predicted molar refractivity (Wildman–Crippen MR) is 157 cm³/mol. The van der Waals surface area contributed by atoms with Crippen LogP contribution in [0.15, 0.2) is 93.4 Å². The molecule has 1 saturated heterocycles. The van der Waals surface area contributed by atoms with E-state index in [1.807, 2.05) is 69.3 Å². The maximum absolute atomic E-state index is 12.3. The molecule has 0 radical (unpaired) electrons. The van der Waals surface area contributed by atoms with Gasteiger partial charge in [0.25, 0.3) is 0 Å². The lowest BCUT2D eigenvalue weighted by Crippen LogP contribution is -2.29. The van der Waals surface area contributed by atoms with Crippen molar-refractivity contribution >= 4 is 46.4 Å². The predicted octanol–water partition coefficient (Wildman–Crippen LogP) is 7.21. The first-order valence-corrected chi connectivity index (χ1v) is 13.8. The summed E-state index contributed by atoms with van der Waals surface area (Å²) in [6.07, 6.45) is 1.79. The van der Waals surface area contributed by atoms with Crippen LogP contribution in [-0.4, -0.2) is 16.0 Å². The fraction of sp³-hybridized carbons (Fsp3) is 0.233. The highest BCUT2D eigenvalue weighted by Crippen LogP contribution is 2.44. The molecule has 2 N–H and O–H groups in total. The SMILES string of the molecule is Cc1ccc(Sc2ccc(C3C(c4ccccn4)NC(=S)N3c3ccc(NC(=O)C(C)C)c(C)c3)o2)cc1. The third-order valence-electron chi connectivity index (χ3n) is 6.50. The summed E-state index contributed by atoms with van der Waals surface area (Å²) in [6.45, 7) is 7.82. The van der Waals surface area contributed by atoms with Gasteiger partial charge in [0.1, 0.15) is 11.8 Å². The molecule has 38 heavy (non-hydrogen) atoms. The van der Waals surface area contributed by atoms with E-state index in [1.54, 1.807) is 18.0 Å². The van der Waals surface area contributed by atoms with Crippen molar-refractivity contribution in [3.63, 3.8) is 0 Å². The zero-order valence-electron chi connectivity index (χ0n) is 21.8. The van der Waals surface area contributed by atoms with Gasteiger partial charge in [-0.2, -0.15) is 0 Å². The molecule has 2 aromatic carbocycles. The Bertz CT molecular complexity index is 1450. The van der Waals surface area contributed by atoms with Crippen molar-refractivity contribution in [3.8, 4) is 0 Å². The molecule has 3 heterocycles. The third-order valence-corrected chi connectivity index (χ3v) is 7.74. The molecule has 8 heteroatoms. The van der Waals surface area contributed by atoms with E-state index in [1.165, 1.54) is 5.56 Å². The van der Waals surface area contributed by atoms with Crippen LogP contribution >= 0.6 is 24.0 Å². The largest absolute Gasteiger partial charge is 0.452 e. The van der Waals surface area contributed by atoms with Crippen molar-refractivity contribution < 1.29 is 9.21 Å². The average molecular weight is 543 g/mol. The molecule has 194 valence electrons. The first-order valence-electron chi connectivity index (χ1n) is 12.6. The smallest absolute Gasteiger partial charge is 0.226 e. The highest BCUT2D eigenvalue weighted by molar-refractivity contribution is 7.99. The fourth-order valence-corrected chi connectivity index (χ4v) is 5.53. The van der Waals surface area contributed by atoms with Crippen LogP contribution < -0.4 is 15.5 Å². The van der Waals surface area contributed by atoms with E-state index in [0.717, 1.165) is 38.4 Å². The number of rotatable bonds is 7. The number of aryl methyl sites for hydroxylation is 2. The van der Waals surface area contributed by atoms with Gasteiger partial charge in [-0.3, -0.25) is 9.78 Å². The summed E-state index contributed by atoms with van der Waals surface area (Å²) in [5.41, 5.74) is 4.76. The molecule has 5 rings (SSSR count). The van der Waals surface area contributed by atoms with Crippen LogP contribution in [0.2, 0.25) is 0 Å². The van der Waals surface area contributed by atoms with E-state index in [4.69, 9.17) is 16.6 Å². The van der Waals surface area contributed by atoms with E-state index in [0.29, 0.717) is 5.11 Å². The van der Waals surface area contributed by atoms with Crippen molar-refractivity contribution in [2.75, 3.05) is 10.2 Å². The Kier molecular flexibility index (Phi) is 7.53. The number of hydrogen-bond acceptors (Lipinski definition) is 5. The fourth-order valence-electron chi connectivity index (χ4n) is 4.41. The van der Waals surface area contributed by atoms with Crippen molar-refractivity contribution in [3.05, 3.63) is 102 Å². The second kappa shape index (κ2) is 11.0. The molecule has 1 amide bonds. The van der Waals surface area contributed by atoms with Gasteiger partial charge in [-0.05, 0) is 86.2 Å². The van der Waals surface area contributed by atoms with Gasteiger partial charge < -0.3 is 20.0 Å². The van der Waals surface area contributed by atoms with Crippen LogP contribution in [0.25, 0.3) is 0 Å². The molecule has 0 bridgehead atoms. The number of anilines is 2. The number of amides is 1. The molecule has 2 aromatic heterocycles. The maximum Gasteiger partial charge on any atom is 0.226 e. The van der Waals surface area contributed by atoms with Gasteiger partial charge in [-0.15, -0.1) is 0 Å². The van der Waals surface area contributed by atoms with Crippen LogP contribution in [0.5, 0.6) is 0 Å². The molecule has 6 nitrogen and oxygen atoms in total. The van der Waals surface area contributed by atoms with E-state index in [-0.39, 0.29) is 23.9 Å². The van der Waals surface area contributed by atoms with Crippen molar-refractivity contribution in [1.29, 1.82) is 0 Å². The van der Waals surface area contributed by atoms with Gasteiger partial charge in [0, 0.05) is 28.4 Å². The summed E-state index contributed by atoms with van der Waals surface area (Å²) in [5, 5.41) is 7.88. The summed E-state index contributed by atoms with van der Waals surface area (Å²) in [6, 6.07) is 23.8. The molecule has 0 saturated carbocycles. The minimum Gasteiger partial charge on any atom is -0.452 e.